The standard InChI is InChI=1S/C22H27NO4/c1-14(2)21-10-9-20(11-15(21)3)26-13-22(25)27-16(4)18-7-6-8-19(12-18)23-17(5)24/h6-12,14,16H,13H2,1-5H3,(H,23,24). The number of carbonyl (C=O) groups excluding carboxylic acids is 2. The summed E-state index contributed by atoms with van der Waals surface area (Å²) >= 11 is 0. The number of hydrogen-bond donors (Lipinski definition) is 1. The quantitative estimate of drug-likeness (QED) is 0.715. The molecule has 0 bridgehead atoms. The van der Waals surface area contributed by atoms with Gasteiger partial charge in [0.15, 0.2) is 6.61 Å². The lowest BCUT2D eigenvalue weighted by Crippen LogP contribution is -2.17. The Kier molecular flexibility index (Phi) is 6.99. The molecule has 1 amide bonds. The molecule has 0 heterocycles. The SMILES string of the molecule is CC(=O)Nc1cccc(C(C)OC(=O)COc2ccc(C(C)C)c(C)c2)c1. The molecule has 1 N–H and O–H groups in total. The average Bonchev–Trinajstić information content (AvgIpc) is 2.59. The lowest BCUT2D eigenvalue weighted by atomic mass is 9.98. The van der Waals surface area contributed by atoms with Crippen molar-refractivity contribution in [2.24, 2.45) is 0 Å². The molecule has 1 unspecified atom stereocenters. The molecular weight excluding hydrogens is 342 g/mol. The zero-order valence-corrected chi connectivity index (χ0v) is 16.5. The van der Waals surface area contributed by atoms with Gasteiger partial charge in [0, 0.05) is 12.6 Å². The minimum atomic E-state index is -0.446. The molecule has 5 nitrogen and oxygen atoms in total. The first-order valence-electron chi connectivity index (χ1n) is 9.06. The third kappa shape index (κ3) is 6.13. The fraction of sp³-hybridized carbons (Fsp3) is 0.364. The Hall–Kier alpha value is -2.82. The molecule has 0 spiro atoms. The Morgan fingerprint density at radius 1 is 1.07 bits per heavy atom. The van der Waals surface area contributed by atoms with E-state index in [1.54, 1.807) is 25.1 Å². The number of ether oxygens (including phenoxy) is 2. The molecule has 27 heavy (non-hydrogen) atoms. The van der Waals surface area contributed by atoms with E-state index in [9.17, 15) is 9.59 Å². The molecule has 0 saturated heterocycles. The van der Waals surface area contributed by atoms with Crippen LogP contribution in [0.2, 0.25) is 0 Å². The Labute approximate surface area is 160 Å². The van der Waals surface area contributed by atoms with Crippen LogP contribution in [0.1, 0.15) is 56.4 Å². The van der Waals surface area contributed by atoms with Gasteiger partial charge in [0.05, 0.1) is 0 Å². The van der Waals surface area contributed by atoms with Gasteiger partial charge in [-0.05, 0) is 60.7 Å². The summed E-state index contributed by atoms with van der Waals surface area (Å²) in [4.78, 5) is 23.3. The van der Waals surface area contributed by atoms with Gasteiger partial charge >= 0.3 is 5.97 Å². The third-order valence-corrected chi connectivity index (χ3v) is 4.20. The van der Waals surface area contributed by atoms with Gasteiger partial charge < -0.3 is 14.8 Å². The van der Waals surface area contributed by atoms with Crippen molar-refractivity contribution in [3.8, 4) is 5.75 Å². The summed E-state index contributed by atoms with van der Waals surface area (Å²) < 4.78 is 11.0. The van der Waals surface area contributed by atoms with Gasteiger partial charge in [0.2, 0.25) is 5.91 Å². The highest BCUT2D eigenvalue weighted by atomic mass is 16.6. The predicted octanol–water partition coefficient (Wildman–Crippen LogP) is 4.76. The molecule has 1 atom stereocenters. The highest BCUT2D eigenvalue weighted by Crippen LogP contribution is 2.24. The van der Waals surface area contributed by atoms with E-state index in [-0.39, 0.29) is 12.5 Å². The highest BCUT2D eigenvalue weighted by Gasteiger charge is 2.14. The number of anilines is 1. The Morgan fingerprint density at radius 3 is 2.44 bits per heavy atom. The second kappa shape index (κ2) is 9.21. The van der Waals surface area contributed by atoms with Crippen molar-refractivity contribution in [2.75, 3.05) is 11.9 Å². The van der Waals surface area contributed by atoms with Gasteiger partial charge in [-0.25, -0.2) is 4.79 Å². The summed E-state index contributed by atoms with van der Waals surface area (Å²) in [5.41, 5.74) is 3.86. The first-order valence-corrected chi connectivity index (χ1v) is 9.06. The van der Waals surface area contributed by atoms with Gasteiger partial charge in [-0.1, -0.05) is 32.0 Å². The predicted molar refractivity (Wildman–Crippen MR) is 106 cm³/mol. The number of amides is 1. The summed E-state index contributed by atoms with van der Waals surface area (Å²) in [6.45, 7) is 9.39. The van der Waals surface area contributed by atoms with Crippen LogP contribution in [0.25, 0.3) is 0 Å². The van der Waals surface area contributed by atoms with Crippen molar-refractivity contribution in [1.82, 2.24) is 0 Å². The van der Waals surface area contributed by atoms with Crippen molar-refractivity contribution in [3.05, 3.63) is 59.2 Å². The number of hydrogen-bond acceptors (Lipinski definition) is 4. The first-order chi connectivity index (χ1) is 12.8. The van der Waals surface area contributed by atoms with E-state index >= 15 is 0 Å². The van der Waals surface area contributed by atoms with E-state index in [0.717, 1.165) is 11.1 Å². The van der Waals surface area contributed by atoms with Gasteiger partial charge in [0.1, 0.15) is 11.9 Å². The summed E-state index contributed by atoms with van der Waals surface area (Å²) in [5, 5.41) is 2.71. The topological polar surface area (TPSA) is 64.6 Å². The minimum Gasteiger partial charge on any atom is -0.482 e. The molecule has 2 rings (SSSR count). The Morgan fingerprint density at radius 2 is 1.81 bits per heavy atom. The monoisotopic (exact) mass is 369 g/mol. The summed E-state index contributed by atoms with van der Waals surface area (Å²) in [5.74, 6) is 0.495. The molecule has 5 heteroatoms. The lowest BCUT2D eigenvalue weighted by Gasteiger charge is -2.16. The zero-order valence-electron chi connectivity index (χ0n) is 16.5. The second-order valence-electron chi connectivity index (χ2n) is 6.90. The fourth-order valence-electron chi connectivity index (χ4n) is 2.90. The summed E-state index contributed by atoms with van der Waals surface area (Å²) in [6.07, 6.45) is -0.445. The fourth-order valence-corrected chi connectivity index (χ4v) is 2.90. The third-order valence-electron chi connectivity index (χ3n) is 4.20. The van der Waals surface area contributed by atoms with Crippen LogP contribution in [-0.4, -0.2) is 18.5 Å². The molecule has 0 aromatic heterocycles. The van der Waals surface area contributed by atoms with Gasteiger partial charge in [0.25, 0.3) is 0 Å². The maximum Gasteiger partial charge on any atom is 0.344 e. The Balaban J connectivity index is 1.92. The van der Waals surface area contributed by atoms with Crippen LogP contribution in [-0.2, 0) is 14.3 Å². The lowest BCUT2D eigenvalue weighted by molar-refractivity contribution is -0.151. The van der Waals surface area contributed by atoms with E-state index < -0.39 is 12.1 Å². The van der Waals surface area contributed by atoms with Crippen molar-refractivity contribution < 1.29 is 19.1 Å². The largest absolute Gasteiger partial charge is 0.482 e. The van der Waals surface area contributed by atoms with Crippen LogP contribution in [0.4, 0.5) is 5.69 Å². The summed E-state index contributed by atoms with van der Waals surface area (Å²) in [7, 11) is 0. The van der Waals surface area contributed by atoms with E-state index in [2.05, 4.69) is 19.2 Å². The van der Waals surface area contributed by atoms with Crippen LogP contribution in [0, 0.1) is 6.92 Å². The molecule has 0 saturated carbocycles. The Bertz CT molecular complexity index is 814. The van der Waals surface area contributed by atoms with E-state index in [1.807, 2.05) is 31.2 Å². The number of rotatable bonds is 7. The number of aryl methyl sites for hydroxylation is 1. The molecule has 144 valence electrons. The van der Waals surface area contributed by atoms with Crippen molar-refractivity contribution >= 4 is 17.6 Å². The number of esters is 1. The summed E-state index contributed by atoms with van der Waals surface area (Å²) in [6, 6.07) is 13.0. The molecule has 0 aliphatic rings. The van der Waals surface area contributed by atoms with Gasteiger partial charge in [-0.15, -0.1) is 0 Å². The van der Waals surface area contributed by atoms with Crippen LogP contribution < -0.4 is 10.1 Å². The average molecular weight is 369 g/mol. The van der Waals surface area contributed by atoms with Gasteiger partial charge in [-0.2, -0.15) is 0 Å². The van der Waals surface area contributed by atoms with E-state index in [1.165, 1.54) is 12.5 Å². The molecule has 2 aromatic carbocycles. The maximum absolute atomic E-state index is 12.1. The molecule has 2 aromatic rings. The zero-order chi connectivity index (χ0) is 20.0. The van der Waals surface area contributed by atoms with Gasteiger partial charge in [-0.3, -0.25) is 4.79 Å². The van der Waals surface area contributed by atoms with Crippen molar-refractivity contribution in [3.63, 3.8) is 0 Å². The molecule has 0 radical (unpaired) electrons. The van der Waals surface area contributed by atoms with E-state index in [0.29, 0.717) is 17.4 Å². The second-order valence-corrected chi connectivity index (χ2v) is 6.90. The molecule has 0 fully saturated rings. The normalized spacial score (nSPS) is 11.8. The first kappa shape index (κ1) is 20.5. The van der Waals surface area contributed by atoms with Crippen LogP contribution in [0.15, 0.2) is 42.5 Å². The minimum absolute atomic E-state index is 0.149. The molecule has 0 aliphatic carbocycles. The van der Waals surface area contributed by atoms with Crippen molar-refractivity contribution in [1.29, 1.82) is 0 Å². The number of benzene rings is 2. The molecule has 0 aliphatic heterocycles. The van der Waals surface area contributed by atoms with Crippen LogP contribution >= 0.6 is 0 Å². The highest BCUT2D eigenvalue weighted by molar-refractivity contribution is 5.88. The van der Waals surface area contributed by atoms with Crippen LogP contribution in [0.5, 0.6) is 5.75 Å². The van der Waals surface area contributed by atoms with E-state index in [4.69, 9.17) is 9.47 Å². The van der Waals surface area contributed by atoms with Crippen molar-refractivity contribution in [2.45, 2.75) is 46.6 Å². The smallest absolute Gasteiger partial charge is 0.344 e. The maximum atomic E-state index is 12.1. The molecular formula is C22H27NO4. The number of carbonyl (C=O) groups is 2. The number of nitrogens with one attached hydrogen (secondary N) is 1. The van der Waals surface area contributed by atoms with Crippen LogP contribution in [0.3, 0.4) is 0 Å².